The zero-order chi connectivity index (χ0) is 13.0. The number of anilines is 1. The molecule has 0 spiro atoms. The summed E-state index contributed by atoms with van der Waals surface area (Å²) in [5.74, 6) is 0.885. The SMILES string of the molecule is CN(CCc1ccccn1)c1ncc(Cl)cc1Br. The Balaban J connectivity index is 2.01. The molecule has 0 fully saturated rings. The molecule has 0 aromatic carbocycles. The third kappa shape index (κ3) is 3.43. The molecule has 0 aliphatic rings. The van der Waals surface area contributed by atoms with Gasteiger partial charge in [-0.3, -0.25) is 4.98 Å². The Labute approximate surface area is 120 Å². The van der Waals surface area contributed by atoms with Gasteiger partial charge in [-0.15, -0.1) is 0 Å². The molecule has 5 heteroatoms. The molecule has 2 aromatic rings. The molecule has 3 nitrogen and oxygen atoms in total. The van der Waals surface area contributed by atoms with Gasteiger partial charge in [0.25, 0.3) is 0 Å². The maximum atomic E-state index is 5.87. The van der Waals surface area contributed by atoms with E-state index in [2.05, 4.69) is 30.8 Å². The fraction of sp³-hybridized carbons (Fsp3) is 0.231. The number of hydrogen-bond acceptors (Lipinski definition) is 3. The highest BCUT2D eigenvalue weighted by molar-refractivity contribution is 9.10. The summed E-state index contributed by atoms with van der Waals surface area (Å²) in [6.45, 7) is 0.851. The fourth-order valence-corrected chi connectivity index (χ4v) is 2.56. The van der Waals surface area contributed by atoms with Gasteiger partial charge in [0.1, 0.15) is 5.82 Å². The van der Waals surface area contributed by atoms with E-state index in [1.807, 2.05) is 37.5 Å². The van der Waals surface area contributed by atoms with Gasteiger partial charge >= 0.3 is 0 Å². The van der Waals surface area contributed by atoms with Gasteiger partial charge in [-0.05, 0) is 34.1 Å². The minimum atomic E-state index is 0.628. The van der Waals surface area contributed by atoms with Crippen molar-refractivity contribution in [3.8, 4) is 0 Å². The Morgan fingerprint density at radius 2 is 2.17 bits per heavy atom. The zero-order valence-electron chi connectivity index (χ0n) is 9.98. The highest BCUT2D eigenvalue weighted by atomic mass is 79.9. The van der Waals surface area contributed by atoms with Gasteiger partial charge in [0.2, 0.25) is 0 Å². The van der Waals surface area contributed by atoms with Crippen LogP contribution in [0, 0.1) is 0 Å². The molecule has 0 aliphatic carbocycles. The van der Waals surface area contributed by atoms with Gasteiger partial charge in [-0.1, -0.05) is 17.7 Å². The number of pyridine rings is 2. The second kappa shape index (κ2) is 6.16. The standard InChI is InChI=1S/C13H13BrClN3/c1-18(7-5-11-4-2-3-6-16-11)13-12(14)8-10(15)9-17-13/h2-4,6,8-9H,5,7H2,1H3. The lowest BCUT2D eigenvalue weighted by Gasteiger charge is -2.19. The summed E-state index contributed by atoms with van der Waals surface area (Å²) in [6.07, 6.45) is 4.35. The van der Waals surface area contributed by atoms with Crippen LogP contribution in [-0.2, 0) is 6.42 Å². The monoisotopic (exact) mass is 325 g/mol. The van der Waals surface area contributed by atoms with Gasteiger partial charge in [0.15, 0.2) is 0 Å². The molecule has 18 heavy (non-hydrogen) atoms. The smallest absolute Gasteiger partial charge is 0.142 e. The van der Waals surface area contributed by atoms with Crippen molar-refractivity contribution in [2.75, 3.05) is 18.5 Å². The number of hydrogen-bond donors (Lipinski definition) is 0. The first-order chi connectivity index (χ1) is 8.66. The average molecular weight is 327 g/mol. The number of halogens is 2. The van der Waals surface area contributed by atoms with Crippen LogP contribution < -0.4 is 4.90 Å². The van der Waals surface area contributed by atoms with E-state index in [0.717, 1.165) is 29.0 Å². The quantitative estimate of drug-likeness (QED) is 0.860. The number of rotatable bonds is 4. The normalized spacial score (nSPS) is 10.4. The second-order valence-corrected chi connectivity index (χ2v) is 5.24. The molecule has 0 saturated carbocycles. The van der Waals surface area contributed by atoms with Crippen LogP contribution in [0.4, 0.5) is 5.82 Å². The lowest BCUT2D eigenvalue weighted by Crippen LogP contribution is -2.22. The van der Waals surface area contributed by atoms with Crippen LogP contribution >= 0.6 is 27.5 Å². The van der Waals surface area contributed by atoms with Crippen LogP contribution in [-0.4, -0.2) is 23.6 Å². The van der Waals surface area contributed by atoms with Crippen molar-refractivity contribution >= 4 is 33.3 Å². The molecule has 0 saturated heterocycles. The number of likely N-dealkylation sites (N-methyl/N-ethyl adjacent to an activating group) is 1. The van der Waals surface area contributed by atoms with Crippen molar-refractivity contribution in [2.45, 2.75) is 6.42 Å². The van der Waals surface area contributed by atoms with Crippen molar-refractivity contribution in [3.63, 3.8) is 0 Å². The molecule has 0 unspecified atom stereocenters. The maximum absolute atomic E-state index is 5.87. The van der Waals surface area contributed by atoms with E-state index in [1.165, 1.54) is 0 Å². The molecule has 0 aliphatic heterocycles. The van der Waals surface area contributed by atoms with Gasteiger partial charge in [0.05, 0.1) is 9.50 Å². The number of nitrogens with zero attached hydrogens (tertiary/aromatic N) is 3. The van der Waals surface area contributed by atoms with E-state index in [4.69, 9.17) is 11.6 Å². The number of aromatic nitrogens is 2. The zero-order valence-corrected chi connectivity index (χ0v) is 12.3. The molecule has 2 aromatic heterocycles. The second-order valence-electron chi connectivity index (χ2n) is 3.95. The van der Waals surface area contributed by atoms with E-state index < -0.39 is 0 Å². The largest absolute Gasteiger partial charge is 0.358 e. The van der Waals surface area contributed by atoms with Gasteiger partial charge in [0, 0.05) is 38.1 Å². The van der Waals surface area contributed by atoms with Crippen LogP contribution in [0.15, 0.2) is 41.1 Å². The Bertz CT molecular complexity index is 519. The Hall–Kier alpha value is -1.13. The first kappa shape index (κ1) is 13.3. The lowest BCUT2D eigenvalue weighted by molar-refractivity contribution is 0.837. The van der Waals surface area contributed by atoms with Gasteiger partial charge in [-0.25, -0.2) is 4.98 Å². The van der Waals surface area contributed by atoms with Crippen molar-refractivity contribution in [1.29, 1.82) is 0 Å². The van der Waals surface area contributed by atoms with Crippen LogP contribution in [0.1, 0.15) is 5.69 Å². The van der Waals surface area contributed by atoms with E-state index in [-0.39, 0.29) is 0 Å². The third-order valence-corrected chi connectivity index (χ3v) is 3.37. The van der Waals surface area contributed by atoms with E-state index in [9.17, 15) is 0 Å². The van der Waals surface area contributed by atoms with E-state index in [0.29, 0.717) is 5.02 Å². The summed E-state index contributed by atoms with van der Waals surface area (Å²) in [4.78, 5) is 10.7. The Morgan fingerprint density at radius 1 is 1.33 bits per heavy atom. The molecular weight excluding hydrogens is 314 g/mol. The molecule has 94 valence electrons. The highest BCUT2D eigenvalue weighted by Crippen LogP contribution is 2.25. The minimum Gasteiger partial charge on any atom is -0.358 e. The summed E-state index contributed by atoms with van der Waals surface area (Å²) in [7, 11) is 2.00. The van der Waals surface area contributed by atoms with Crippen molar-refractivity contribution in [1.82, 2.24) is 9.97 Å². The van der Waals surface area contributed by atoms with Gasteiger partial charge in [-0.2, -0.15) is 0 Å². The molecule has 0 radical (unpaired) electrons. The van der Waals surface area contributed by atoms with Crippen molar-refractivity contribution < 1.29 is 0 Å². The lowest BCUT2D eigenvalue weighted by atomic mass is 10.2. The first-order valence-electron chi connectivity index (χ1n) is 5.59. The predicted molar refractivity (Wildman–Crippen MR) is 78.2 cm³/mol. The van der Waals surface area contributed by atoms with Gasteiger partial charge < -0.3 is 4.90 Å². The van der Waals surface area contributed by atoms with Crippen LogP contribution in [0.5, 0.6) is 0 Å². The Kier molecular flexibility index (Phi) is 4.55. The van der Waals surface area contributed by atoms with Crippen LogP contribution in [0.25, 0.3) is 0 Å². The van der Waals surface area contributed by atoms with Crippen molar-refractivity contribution in [2.24, 2.45) is 0 Å². The highest BCUT2D eigenvalue weighted by Gasteiger charge is 2.08. The topological polar surface area (TPSA) is 29.0 Å². The molecule has 0 bridgehead atoms. The molecule has 0 amide bonds. The summed E-state index contributed by atoms with van der Waals surface area (Å²) >= 11 is 9.34. The Morgan fingerprint density at radius 3 is 2.83 bits per heavy atom. The molecule has 2 rings (SSSR count). The molecule has 0 atom stereocenters. The predicted octanol–water partition coefficient (Wildman–Crippen LogP) is 3.57. The van der Waals surface area contributed by atoms with E-state index in [1.54, 1.807) is 6.20 Å². The average Bonchev–Trinajstić information content (AvgIpc) is 2.37. The van der Waals surface area contributed by atoms with Crippen molar-refractivity contribution in [3.05, 3.63) is 51.8 Å². The molecule has 0 N–H and O–H groups in total. The first-order valence-corrected chi connectivity index (χ1v) is 6.76. The summed E-state index contributed by atoms with van der Waals surface area (Å²) in [5.41, 5.74) is 1.08. The van der Waals surface area contributed by atoms with E-state index >= 15 is 0 Å². The molecular formula is C13H13BrClN3. The summed E-state index contributed by atoms with van der Waals surface area (Å²) in [6, 6.07) is 7.79. The maximum Gasteiger partial charge on any atom is 0.142 e. The third-order valence-electron chi connectivity index (χ3n) is 2.58. The van der Waals surface area contributed by atoms with Crippen LogP contribution in [0.3, 0.4) is 0 Å². The van der Waals surface area contributed by atoms with Crippen LogP contribution in [0.2, 0.25) is 5.02 Å². The summed E-state index contributed by atoms with van der Waals surface area (Å²) < 4.78 is 0.901. The minimum absolute atomic E-state index is 0.628. The fourth-order valence-electron chi connectivity index (χ4n) is 1.62. The summed E-state index contributed by atoms with van der Waals surface area (Å²) in [5, 5.41) is 0.628. The molecule has 2 heterocycles.